The van der Waals surface area contributed by atoms with Crippen LogP contribution >= 0.6 is 0 Å². The summed E-state index contributed by atoms with van der Waals surface area (Å²) < 4.78 is 5.55. The molecule has 1 aliphatic rings. The van der Waals surface area contributed by atoms with Crippen molar-refractivity contribution in [1.82, 2.24) is 5.32 Å². The number of benzene rings is 1. The minimum atomic E-state index is -0.806. The van der Waals surface area contributed by atoms with Crippen molar-refractivity contribution in [1.29, 1.82) is 0 Å². The van der Waals surface area contributed by atoms with E-state index in [-0.39, 0.29) is 6.04 Å². The third kappa shape index (κ3) is 2.85. The third-order valence-corrected chi connectivity index (χ3v) is 3.65. The second-order valence-corrected chi connectivity index (χ2v) is 5.17. The maximum Gasteiger partial charge on any atom is 0.119 e. The van der Waals surface area contributed by atoms with Gasteiger partial charge in [0.2, 0.25) is 0 Å². The molecule has 1 heterocycles. The van der Waals surface area contributed by atoms with Gasteiger partial charge < -0.3 is 15.2 Å². The first-order valence-corrected chi connectivity index (χ1v) is 6.83. The Hall–Kier alpha value is -1.06. The minimum Gasteiger partial charge on any atom is -0.494 e. The fourth-order valence-electron chi connectivity index (χ4n) is 2.47. The van der Waals surface area contributed by atoms with Gasteiger partial charge in [-0.25, -0.2) is 0 Å². The Balaban J connectivity index is 2.07. The van der Waals surface area contributed by atoms with Crippen LogP contribution in [-0.4, -0.2) is 24.3 Å². The van der Waals surface area contributed by atoms with Gasteiger partial charge in [0.25, 0.3) is 0 Å². The van der Waals surface area contributed by atoms with Crippen LogP contribution in [0.1, 0.15) is 38.7 Å². The van der Waals surface area contributed by atoms with Crippen LogP contribution in [0.5, 0.6) is 5.75 Å². The summed E-state index contributed by atoms with van der Waals surface area (Å²) in [5.41, 5.74) is 0.144. The van der Waals surface area contributed by atoms with E-state index in [4.69, 9.17) is 4.74 Å². The highest BCUT2D eigenvalue weighted by atomic mass is 16.5. The Kier molecular flexibility index (Phi) is 4.25. The summed E-state index contributed by atoms with van der Waals surface area (Å²) in [6, 6.07) is 7.96. The molecule has 1 aromatic carbocycles. The molecule has 2 atom stereocenters. The first-order chi connectivity index (χ1) is 8.64. The SMILES string of the molecule is CCCOc1ccc(C(C)(O)C2CCCN2)cc1. The highest BCUT2D eigenvalue weighted by Crippen LogP contribution is 2.30. The summed E-state index contributed by atoms with van der Waals surface area (Å²) in [5.74, 6) is 0.871. The lowest BCUT2D eigenvalue weighted by atomic mass is 9.87. The number of aliphatic hydroxyl groups is 1. The largest absolute Gasteiger partial charge is 0.494 e. The van der Waals surface area contributed by atoms with Gasteiger partial charge in [-0.05, 0) is 50.4 Å². The van der Waals surface area contributed by atoms with Crippen molar-refractivity contribution in [3.63, 3.8) is 0 Å². The van der Waals surface area contributed by atoms with Crippen molar-refractivity contribution in [3.8, 4) is 5.75 Å². The molecule has 18 heavy (non-hydrogen) atoms. The van der Waals surface area contributed by atoms with Crippen LogP contribution in [0, 0.1) is 0 Å². The van der Waals surface area contributed by atoms with Gasteiger partial charge >= 0.3 is 0 Å². The molecule has 0 radical (unpaired) electrons. The van der Waals surface area contributed by atoms with Gasteiger partial charge in [0, 0.05) is 6.04 Å². The van der Waals surface area contributed by atoms with E-state index in [0.717, 1.165) is 43.7 Å². The zero-order valence-corrected chi connectivity index (χ0v) is 11.3. The normalized spacial score (nSPS) is 22.7. The Morgan fingerprint density at radius 1 is 1.39 bits per heavy atom. The summed E-state index contributed by atoms with van der Waals surface area (Å²) in [7, 11) is 0. The van der Waals surface area contributed by atoms with E-state index in [0.29, 0.717) is 0 Å². The molecular weight excluding hydrogens is 226 g/mol. The lowest BCUT2D eigenvalue weighted by molar-refractivity contribution is 0.0218. The molecule has 1 fully saturated rings. The Morgan fingerprint density at radius 3 is 2.67 bits per heavy atom. The molecule has 100 valence electrons. The van der Waals surface area contributed by atoms with E-state index < -0.39 is 5.60 Å². The van der Waals surface area contributed by atoms with Gasteiger partial charge in [-0.1, -0.05) is 19.1 Å². The zero-order chi connectivity index (χ0) is 13.0. The van der Waals surface area contributed by atoms with Gasteiger partial charge in [-0.15, -0.1) is 0 Å². The molecule has 3 heteroatoms. The lowest BCUT2D eigenvalue weighted by Gasteiger charge is -2.30. The van der Waals surface area contributed by atoms with Crippen LogP contribution in [-0.2, 0) is 5.60 Å². The van der Waals surface area contributed by atoms with Gasteiger partial charge in [0.15, 0.2) is 0 Å². The number of hydrogen-bond donors (Lipinski definition) is 2. The Bertz CT molecular complexity index is 367. The van der Waals surface area contributed by atoms with Crippen molar-refractivity contribution in [2.75, 3.05) is 13.2 Å². The molecule has 0 aromatic heterocycles. The van der Waals surface area contributed by atoms with Crippen molar-refractivity contribution in [3.05, 3.63) is 29.8 Å². The molecule has 0 amide bonds. The third-order valence-electron chi connectivity index (χ3n) is 3.65. The summed E-state index contributed by atoms with van der Waals surface area (Å²) in [4.78, 5) is 0. The second-order valence-electron chi connectivity index (χ2n) is 5.17. The molecule has 1 aromatic rings. The zero-order valence-electron chi connectivity index (χ0n) is 11.3. The highest BCUT2D eigenvalue weighted by Gasteiger charge is 2.35. The van der Waals surface area contributed by atoms with E-state index in [1.807, 2.05) is 31.2 Å². The van der Waals surface area contributed by atoms with Crippen LogP contribution in [0.2, 0.25) is 0 Å². The fourth-order valence-corrected chi connectivity index (χ4v) is 2.47. The first-order valence-electron chi connectivity index (χ1n) is 6.83. The maximum atomic E-state index is 10.6. The molecule has 1 aliphatic heterocycles. The quantitative estimate of drug-likeness (QED) is 0.842. The van der Waals surface area contributed by atoms with E-state index >= 15 is 0 Å². The average molecular weight is 249 g/mol. The Morgan fingerprint density at radius 2 is 2.11 bits per heavy atom. The van der Waals surface area contributed by atoms with Gasteiger partial charge in [-0.2, -0.15) is 0 Å². The number of nitrogens with one attached hydrogen (secondary N) is 1. The van der Waals surface area contributed by atoms with Crippen LogP contribution in [0.3, 0.4) is 0 Å². The van der Waals surface area contributed by atoms with Crippen molar-refractivity contribution in [2.45, 2.75) is 44.8 Å². The van der Waals surface area contributed by atoms with Crippen LogP contribution in [0.4, 0.5) is 0 Å². The molecular formula is C15H23NO2. The topological polar surface area (TPSA) is 41.5 Å². The van der Waals surface area contributed by atoms with Crippen LogP contribution in [0.15, 0.2) is 24.3 Å². The average Bonchev–Trinajstić information content (AvgIpc) is 2.91. The molecule has 2 rings (SSSR count). The van der Waals surface area contributed by atoms with E-state index in [1.165, 1.54) is 0 Å². The monoisotopic (exact) mass is 249 g/mol. The van der Waals surface area contributed by atoms with Gasteiger partial charge in [-0.3, -0.25) is 0 Å². The molecule has 3 nitrogen and oxygen atoms in total. The van der Waals surface area contributed by atoms with E-state index in [1.54, 1.807) is 0 Å². The molecule has 0 spiro atoms. The van der Waals surface area contributed by atoms with Crippen molar-refractivity contribution < 1.29 is 9.84 Å². The number of ether oxygens (including phenoxy) is 1. The lowest BCUT2D eigenvalue weighted by Crippen LogP contribution is -2.42. The fraction of sp³-hybridized carbons (Fsp3) is 0.600. The van der Waals surface area contributed by atoms with Crippen molar-refractivity contribution in [2.24, 2.45) is 0 Å². The highest BCUT2D eigenvalue weighted by molar-refractivity contribution is 5.31. The van der Waals surface area contributed by atoms with Crippen molar-refractivity contribution >= 4 is 0 Å². The number of hydrogen-bond acceptors (Lipinski definition) is 3. The second kappa shape index (κ2) is 5.72. The van der Waals surface area contributed by atoms with Gasteiger partial charge in [0.05, 0.1) is 6.61 Å². The maximum absolute atomic E-state index is 10.6. The van der Waals surface area contributed by atoms with E-state index in [9.17, 15) is 5.11 Å². The predicted octanol–water partition coefficient (Wildman–Crippen LogP) is 2.43. The summed E-state index contributed by atoms with van der Waals surface area (Å²) in [5, 5.41) is 14.0. The van der Waals surface area contributed by atoms with Crippen LogP contribution in [0.25, 0.3) is 0 Å². The smallest absolute Gasteiger partial charge is 0.119 e. The summed E-state index contributed by atoms with van der Waals surface area (Å²) in [6.07, 6.45) is 3.17. The molecule has 2 unspecified atom stereocenters. The number of rotatable bonds is 5. The molecule has 1 saturated heterocycles. The summed E-state index contributed by atoms with van der Waals surface area (Å²) in [6.45, 7) is 5.71. The molecule has 2 N–H and O–H groups in total. The van der Waals surface area contributed by atoms with Gasteiger partial charge in [0.1, 0.15) is 11.4 Å². The standard InChI is InChI=1S/C15H23NO2/c1-3-11-18-13-8-6-12(7-9-13)15(2,17)14-5-4-10-16-14/h6-9,14,16-17H,3-5,10-11H2,1-2H3. The summed E-state index contributed by atoms with van der Waals surface area (Å²) >= 11 is 0. The Labute approximate surface area is 109 Å². The van der Waals surface area contributed by atoms with Crippen LogP contribution < -0.4 is 10.1 Å². The van der Waals surface area contributed by atoms with E-state index in [2.05, 4.69) is 12.2 Å². The molecule has 0 saturated carbocycles. The molecule has 0 aliphatic carbocycles. The predicted molar refractivity (Wildman–Crippen MR) is 72.8 cm³/mol. The molecule has 0 bridgehead atoms. The minimum absolute atomic E-state index is 0.153. The first kappa shape index (κ1) is 13.4.